The van der Waals surface area contributed by atoms with Gasteiger partial charge in [-0.1, -0.05) is 140 Å². The summed E-state index contributed by atoms with van der Waals surface area (Å²) in [7, 11) is 0. The maximum absolute atomic E-state index is 3.90. The van der Waals surface area contributed by atoms with Crippen LogP contribution in [0.2, 0.25) is 0 Å². The van der Waals surface area contributed by atoms with Gasteiger partial charge in [-0.2, -0.15) is 16.4 Å². The lowest BCUT2D eigenvalue weighted by Gasteiger charge is -2.38. The molecule has 1 heteroatoms. The average Bonchev–Trinajstić information content (AvgIpc) is 2.94. The normalized spacial score (nSPS) is 11.2. The summed E-state index contributed by atoms with van der Waals surface area (Å²) < 4.78 is 0. The van der Waals surface area contributed by atoms with Crippen LogP contribution in [0, 0.1) is 11.7 Å². The Morgan fingerprint density at radius 2 is 0.771 bits per heavy atom. The van der Waals surface area contributed by atoms with Crippen LogP contribution in [0.5, 0.6) is 0 Å². The fraction of sp³-hybridized carbons (Fsp3) is 0. The molecule has 6 aromatic rings. The molecule has 0 aliphatic rings. The minimum atomic E-state index is -1.52. The van der Waals surface area contributed by atoms with Crippen LogP contribution in [-0.4, -0.2) is 6.15 Å². The van der Waals surface area contributed by atoms with Crippen LogP contribution in [0.4, 0.5) is 0 Å². The predicted molar refractivity (Wildman–Crippen MR) is 152 cm³/mol. The Bertz CT molecular complexity index is 1520. The van der Waals surface area contributed by atoms with Crippen molar-refractivity contribution in [2.24, 2.45) is 0 Å². The number of hydrogen-bond acceptors (Lipinski definition) is 0. The van der Waals surface area contributed by atoms with E-state index in [0.717, 1.165) is 5.56 Å². The number of rotatable bonds is 3. The molecule has 0 saturated carbocycles. The molecule has 0 atom stereocenters. The molecule has 0 aliphatic heterocycles. The molecule has 0 saturated heterocycles. The summed E-state index contributed by atoms with van der Waals surface area (Å²) in [5.74, 6) is 7.64. The van der Waals surface area contributed by atoms with Crippen molar-refractivity contribution in [3.63, 3.8) is 0 Å². The maximum atomic E-state index is 3.90. The summed E-state index contributed by atoms with van der Waals surface area (Å²) in [6.45, 7) is 0. The lowest BCUT2D eigenvalue weighted by atomic mass is 9.16. The second-order valence-corrected chi connectivity index (χ2v) is 9.06. The van der Waals surface area contributed by atoms with Gasteiger partial charge in [-0.05, 0) is 27.6 Å². The summed E-state index contributed by atoms with van der Waals surface area (Å²) in [6.07, 6.45) is -1.52. The van der Waals surface area contributed by atoms with Gasteiger partial charge in [-0.15, -0.1) is 5.92 Å². The van der Waals surface area contributed by atoms with E-state index < -0.39 is 6.15 Å². The van der Waals surface area contributed by atoms with Gasteiger partial charge in [-0.25, -0.2) is 0 Å². The third-order valence-electron chi connectivity index (χ3n) is 7.08. The third kappa shape index (κ3) is 3.70. The Morgan fingerprint density at radius 3 is 1.20 bits per heavy atom. The van der Waals surface area contributed by atoms with Crippen molar-refractivity contribution in [3.05, 3.63) is 151 Å². The minimum absolute atomic E-state index is 1.09. The van der Waals surface area contributed by atoms with E-state index in [1.807, 2.05) is 0 Å². The van der Waals surface area contributed by atoms with E-state index in [4.69, 9.17) is 0 Å². The molecule has 0 unspecified atom stereocenters. The van der Waals surface area contributed by atoms with Crippen LogP contribution in [0.3, 0.4) is 0 Å². The van der Waals surface area contributed by atoms with Gasteiger partial charge >= 0.3 is 0 Å². The Morgan fingerprint density at radius 1 is 0.400 bits per heavy atom. The second kappa shape index (κ2) is 9.01. The van der Waals surface area contributed by atoms with E-state index in [2.05, 4.69) is 157 Å². The van der Waals surface area contributed by atoms with Gasteiger partial charge < -0.3 is 0 Å². The molecule has 0 N–H and O–H groups in total. The zero-order valence-corrected chi connectivity index (χ0v) is 19.4. The molecular weight excluding hydrogens is 419 g/mol. The molecule has 6 rings (SSSR count). The monoisotopic (exact) mass is 443 g/mol. The molecule has 0 nitrogen and oxygen atoms in total. The van der Waals surface area contributed by atoms with Gasteiger partial charge in [0.1, 0.15) is 6.15 Å². The molecule has 0 aliphatic carbocycles. The molecular formula is C34H24B-. The lowest BCUT2D eigenvalue weighted by Crippen LogP contribution is -2.66. The van der Waals surface area contributed by atoms with E-state index in [1.54, 1.807) is 0 Å². The molecule has 0 heterocycles. The van der Waals surface area contributed by atoms with Gasteiger partial charge in [-0.3, -0.25) is 5.82 Å². The van der Waals surface area contributed by atoms with Crippen molar-refractivity contribution in [3.8, 4) is 11.7 Å². The third-order valence-corrected chi connectivity index (χ3v) is 7.08. The molecule has 0 bridgehead atoms. The first-order chi connectivity index (χ1) is 17.4. The SMILES string of the molecule is C(#C[B-](c1ccccc1)(c1ccccc1)c1ccccc1)c1c2ccccc2cc2ccccc12. The molecule has 0 spiro atoms. The molecule has 35 heavy (non-hydrogen) atoms. The Labute approximate surface area is 206 Å². The number of benzene rings is 6. The van der Waals surface area contributed by atoms with Gasteiger partial charge in [0.2, 0.25) is 0 Å². The van der Waals surface area contributed by atoms with Crippen molar-refractivity contribution < 1.29 is 0 Å². The van der Waals surface area contributed by atoms with E-state index in [9.17, 15) is 0 Å². The highest BCUT2D eigenvalue weighted by Crippen LogP contribution is 2.28. The van der Waals surface area contributed by atoms with Crippen molar-refractivity contribution in [1.29, 1.82) is 0 Å². The molecule has 6 aromatic carbocycles. The molecule has 0 amide bonds. The van der Waals surface area contributed by atoms with Crippen molar-refractivity contribution >= 4 is 44.1 Å². The number of fused-ring (bicyclic) bond motifs is 2. The topological polar surface area (TPSA) is 0 Å². The van der Waals surface area contributed by atoms with Gasteiger partial charge in [0.05, 0.1) is 0 Å². The number of hydrogen-bond donors (Lipinski definition) is 0. The minimum Gasteiger partial charge on any atom is -0.292 e. The fourth-order valence-electron chi connectivity index (χ4n) is 5.38. The zero-order chi connectivity index (χ0) is 23.5. The summed E-state index contributed by atoms with van der Waals surface area (Å²) in [6, 6.07) is 51.6. The first-order valence-corrected chi connectivity index (χ1v) is 12.1. The van der Waals surface area contributed by atoms with Gasteiger partial charge in [0.25, 0.3) is 0 Å². The first kappa shape index (κ1) is 21.0. The smallest absolute Gasteiger partial charge is 0.149 e. The molecule has 0 radical (unpaired) electrons. The van der Waals surface area contributed by atoms with Crippen molar-refractivity contribution in [2.75, 3.05) is 0 Å². The Kier molecular flexibility index (Phi) is 5.42. The predicted octanol–water partition coefficient (Wildman–Crippen LogP) is 6.05. The maximum Gasteiger partial charge on any atom is 0.149 e. The van der Waals surface area contributed by atoms with E-state index in [1.165, 1.54) is 37.9 Å². The van der Waals surface area contributed by atoms with Crippen LogP contribution >= 0.6 is 0 Å². The average molecular weight is 443 g/mol. The van der Waals surface area contributed by atoms with Crippen LogP contribution in [0.25, 0.3) is 21.5 Å². The molecule has 0 aromatic heterocycles. The van der Waals surface area contributed by atoms with Crippen LogP contribution < -0.4 is 16.4 Å². The van der Waals surface area contributed by atoms with E-state index in [0.29, 0.717) is 0 Å². The van der Waals surface area contributed by atoms with Gasteiger partial charge in [0, 0.05) is 5.56 Å². The highest BCUT2D eigenvalue weighted by molar-refractivity contribution is 7.16. The van der Waals surface area contributed by atoms with Crippen LogP contribution in [0.1, 0.15) is 5.56 Å². The highest BCUT2D eigenvalue weighted by Gasteiger charge is 2.27. The Balaban J connectivity index is 1.72. The summed E-state index contributed by atoms with van der Waals surface area (Å²) in [4.78, 5) is 0. The second-order valence-electron chi connectivity index (χ2n) is 9.06. The first-order valence-electron chi connectivity index (χ1n) is 12.1. The standard InChI is InChI=1S/C34H24B/c1-4-16-29(17-5-1)35(30-18-6-2-7-19-30,31-20-8-3-9-21-31)25-24-34-32-22-12-10-14-27(32)26-28-15-11-13-23-33(28)34/h1-23,26H/q-1. The van der Waals surface area contributed by atoms with Crippen molar-refractivity contribution in [1.82, 2.24) is 0 Å². The van der Waals surface area contributed by atoms with Crippen LogP contribution in [-0.2, 0) is 0 Å². The molecule has 0 fully saturated rings. The summed E-state index contributed by atoms with van der Waals surface area (Å²) in [5.41, 5.74) is 4.76. The van der Waals surface area contributed by atoms with Gasteiger partial charge in [0.15, 0.2) is 0 Å². The zero-order valence-electron chi connectivity index (χ0n) is 19.4. The summed E-state index contributed by atoms with van der Waals surface area (Å²) >= 11 is 0. The van der Waals surface area contributed by atoms with Crippen molar-refractivity contribution in [2.45, 2.75) is 0 Å². The van der Waals surface area contributed by atoms with Crippen LogP contribution in [0.15, 0.2) is 146 Å². The fourth-order valence-corrected chi connectivity index (χ4v) is 5.38. The van der Waals surface area contributed by atoms with E-state index in [-0.39, 0.29) is 0 Å². The summed E-state index contributed by atoms with van der Waals surface area (Å²) in [5, 5.41) is 4.82. The quantitative estimate of drug-likeness (QED) is 0.177. The van der Waals surface area contributed by atoms with E-state index >= 15 is 0 Å². The highest BCUT2D eigenvalue weighted by atomic mass is 14.1. The molecule has 164 valence electrons. The Hall–Kier alpha value is -4.54. The lowest BCUT2D eigenvalue weighted by molar-refractivity contribution is 1.69. The largest absolute Gasteiger partial charge is 0.292 e.